The quantitative estimate of drug-likeness (QED) is 0.327. The van der Waals surface area contributed by atoms with Gasteiger partial charge in [-0.25, -0.2) is 0 Å². The number of methoxy groups -OCH3 is 1. The van der Waals surface area contributed by atoms with Crippen molar-refractivity contribution in [2.75, 3.05) is 24.8 Å². The van der Waals surface area contributed by atoms with Crippen molar-refractivity contribution in [2.24, 2.45) is 0 Å². The van der Waals surface area contributed by atoms with Crippen LogP contribution in [0, 0.1) is 13.8 Å². The number of ether oxygens (including phenoxy) is 1. The van der Waals surface area contributed by atoms with Crippen LogP contribution in [0.4, 0.5) is 5.69 Å². The molecule has 1 aromatic heterocycles. The van der Waals surface area contributed by atoms with Crippen LogP contribution in [0.3, 0.4) is 0 Å². The van der Waals surface area contributed by atoms with Crippen molar-refractivity contribution in [3.63, 3.8) is 0 Å². The Balaban J connectivity index is 1.75. The average molecular weight is 467 g/mol. The molecule has 0 bridgehead atoms. The zero-order valence-electron chi connectivity index (χ0n) is 20.4. The molecule has 176 valence electrons. The van der Waals surface area contributed by atoms with Gasteiger partial charge in [0, 0.05) is 31.5 Å². The van der Waals surface area contributed by atoms with Gasteiger partial charge in [-0.05, 0) is 54.5 Å². The Bertz CT molecular complexity index is 1080. The van der Waals surface area contributed by atoms with Crippen LogP contribution in [0.25, 0.3) is 11.4 Å². The van der Waals surface area contributed by atoms with Gasteiger partial charge in [0.2, 0.25) is 5.91 Å². The highest BCUT2D eigenvalue weighted by Gasteiger charge is 2.18. The first kappa shape index (κ1) is 25.0. The van der Waals surface area contributed by atoms with Crippen molar-refractivity contribution in [1.29, 1.82) is 0 Å². The van der Waals surface area contributed by atoms with Gasteiger partial charge in [0.15, 0.2) is 11.0 Å². The van der Waals surface area contributed by atoms with Crippen LogP contribution >= 0.6 is 11.8 Å². The van der Waals surface area contributed by atoms with Crippen molar-refractivity contribution in [1.82, 2.24) is 14.8 Å². The number of carbonyl (C=O) groups excluding carboxylic acids is 1. The van der Waals surface area contributed by atoms with E-state index in [9.17, 15) is 4.79 Å². The van der Waals surface area contributed by atoms with Crippen LogP contribution in [0.15, 0.2) is 47.6 Å². The molecule has 0 radical (unpaired) electrons. The van der Waals surface area contributed by atoms with E-state index in [0.717, 1.165) is 40.8 Å². The molecule has 0 spiro atoms. The van der Waals surface area contributed by atoms with Crippen molar-refractivity contribution < 1.29 is 9.53 Å². The molecule has 7 heteroatoms. The van der Waals surface area contributed by atoms with Gasteiger partial charge in [0.05, 0.1) is 5.75 Å². The van der Waals surface area contributed by atoms with E-state index in [1.165, 1.54) is 22.9 Å². The molecule has 1 amide bonds. The molecule has 0 saturated carbocycles. The number of benzene rings is 2. The molecule has 0 saturated heterocycles. The van der Waals surface area contributed by atoms with Gasteiger partial charge in [-0.15, -0.1) is 10.2 Å². The number of anilines is 1. The van der Waals surface area contributed by atoms with Gasteiger partial charge in [-0.1, -0.05) is 62.9 Å². The van der Waals surface area contributed by atoms with Gasteiger partial charge in [0.1, 0.15) is 0 Å². The fourth-order valence-corrected chi connectivity index (χ4v) is 4.21. The third-order valence-electron chi connectivity index (χ3n) is 5.58. The predicted octanol–water partition coefficient (Wildman–Crippen LogP) is 5.63. The Kier molecular flexibility index (Phi) is 8.32. The van der Waals surface area contributed by atoms with Crippen molar-refractivity contribution in [3.05, 3.63) is 59.2 Å². The molecule has 0 fully saturated rings. The van der Waals surface area contributed by atoms with Crippen LogP contribution in [-0.4, -0.2) is 40.1 Å². The second-order valence-electron chi connectivity index (χ2n) is 9.27. The number of aryl methyl sites for hydroxylation is 2. The maximum absolute atomic E-state index is 12.6. The van der Waals surface area contributed by atoms with Gasteiger partial charge in [-0.3, -0.25) is 4.79 Å². The molecule has 33 heavy (non-hydrogen) atoms. The fraction of sp³-hybridized carbons (Fsp3) is 0.423. The Morgan fingerprint density at radius 2 is 1.79 bits per heavy atom. The van der Waals surface area contributed by atoms with E-state index in [1.54, 1.807) is 7.11 Å². The number of hydrogen-bond donors (Lipinski definition) is 1. The molecule has 0 aliphatic carbocycles. The summed E-state index contributed by atoms with van der Waals surface area (Å²) in [6.45, 7) is 12.1. The fourth-order valence-electron chi connectivity index (χ4n) is 3.44. The zero-order chi connectivity index (χ0) is 24.0. The minimum atomic E-state index is -0.0641. The lowest BCUT2D eigenvalue weighted by atomic mass is 9.87. The Hall–Kier alpha value is -2.64. The molecule has 3 rings (SSSR count). The highest BCUT2D eigenvalue weighted by Crippen LogP contribution is 2.28. The summed E-state index contributed by atoms with van der Waals surface area (Å²) in [5.41, 5.74) is 5.54. The van der Waals surface area contributed by atoms with Gasteiger partial charge in [0.25, 0.3) is 0 Å². The lowest BCUT2D eigenvalue weighted by Gasteiger charge is -2.19. The molecule has 0 atom stereocenters. The minimum Gasteiger partial charge on any atom is -0.385 e. The van der Waals surface area contributed by atoms with E-state index in [4.69, 9.17) is 4.74 Å². The predicted molar refractivity (Wildman–Crippen MR) is 136 cm³/mol. The number of thioether (sulfide) groups is 1. The molecule has 6 nitrogen and oxygen atoms in total. The molecular weight excluding hydrogens is 432 g/mol. The van der Waals surface area contributed by atoms with E-state index in [-0.39, 0.29) is 17.1 Å². The first-order valence-corrected chi connectivity index (χ1v) is 12.2. The topological polar surface area (TPSA) is 69.0 Å². The molecular formula is C26H34N4O2S. The maximum atomic E-state index is 12.6. The largest absolute Gasteiger partial charge is 0.385 e. The summed E-state index contributed by atoms with van der Waals surface area (Å²) >= 11 is 1.40. The number of rotatable bonds is 9. The molecule has 3 aromatic rings. The monoisotopic (exact) mass is 466 g/mol. The lowest BCUT2D eigenvalue weighted by molar-refractivity contribution is -0.113. The standard InChI is InChI=1S/C26H34N4O2S/c1-18-8-13-22(16-19(18)2)27-23(31)17-33-25-29-28-24(30(25)14-7-15-32-6)20-9-11-21(12-10-20)26(3,4)5/h8-13,16H,7,14-15,17H2,1-6H3,(H,27,31). The highest BCUT2D eigenvalue weighted by atomic mass is 32.2. The number of nitrogens with one attached hydrogen (secondary N) is 1. The first-order chi connectivity index (χ1) is 15.7. The van der Waals surface area contributed by atoms with E-state index in [2.05, 4.69) is 72.0 Å². The zero-order valence-corrected chi connectivity index (χ0v) is 21.3. The van der Waals surface area contributed by atoms with Gasteiger partial charge < -0.3 is 14.6 Å². The highest BCUT2D eigenvalue weighted by molar-refractivity contribution is 7.99. The summed E-state index contributed by atoms with van der Waals surface area (Å²) < 4.78 is 7.32. The third kappa shape index (κ3) is 6.68. The molecule has 1 heterocycles. The van der Waals surface area contributed by atoms with Gasteiger partial charge >= 0.3 is 0 Å². The second kappa shape index (κ2) is 11.0. The van der Waals surface area contributed by atoms with E-state index >= 15 is 0 Å². The number of amides is 1. The summed E-state index contributed by atoms with van der Waals surface area (Å²) in [6.07, 6.45) is 0.837. The van der Waals surface area contributed by atoms with Crippen molar-refractivity contribution in [2.45, 2.75) is 58.2 Å². The first-order valence-electron chi connectivity index (χ1n) is 11.2. The number of nitrogens with zero attached hydrogens (tertiary/aromatic N) is 3. The Labute approximate surface area is 201 Å². The molecule has 0 aliphatic rings. The van der Waals surface area contributed by atoms with Gasteiger partial charge in [-0.2, -0.15) is 0 Å². The third-order valence-corrected chi connectivity index (χ3v) is 6.55. The van der Waals surface area contributed by atoms with Crippen molar-refractivity contribution in [3.8, 4) is 11.4 Å². The number of aromatic nitrogens is 3. The summed E-state index contributed by atoms with van der Waals surface area (Å²) in [5, 5.41) is 12.6. The van der Waals surface area contributed by atoms with E-state index < -0.39 is 0 Å². The van der Waals surface area contributed by atoms with E-state index in [0.29, 0.717) is 6.61 Å². The Morgan fingerprint density at radius 1 is 1.06 bits per heavy atom. The van der Waals surface area contributed by atoms with Crippen LogP contribution < -0.4 is 5.32 Å². The summed E-state index contributed by atoms with van der Waals surface area (Å²) in [7, 11) is 1.70. The number of hydrogen-bond acceptors (Lipinski definition) is 5. The smallest absolute Gasteiger partial charge is 0.234 e. The van der Waals surface area contributed by atoms with E-state index in [1.807, 2.05) is 25.1 Å². The second-order valence-corrected chi connectivity index (χ2v) is 10.2. The minimum absolute atomic E-state index is 0.0641. The van der Waals surface area contributed by atoms with Crippen LogP contribution in [-0.2, 0) is 21.5 Å². The normalized spacial score (nSPS) is 11.6. The summed E-state index contributed by atoms with van der Waals surface area (Å²) in [4.78, 5) is 12.6. The molecule has 2 aromatic carbocycles. The molecule has 1 N–H and O–H groups in total. The van der Waals surface area contributed by atoms with Crippen LogP contribution in [0.1, 0.15) is 43.9 Å². The SMILES string of the molecule is COCCCn1c(SCC(=O)Nc2ccc(C)c(C)c2)nnc1-c1ccc(C(C)(C)C)cc1. The summed E-state index contributed by atoms with van der Waals surface area (Å²) in [5.74, 6) is 1.01. The van der Waals surface area contributed by atoms with Crippen molar-refractivity contribution >= 4 is 23.4 Å². The van der Waals surface area contributed by atoms with Crippen LogP contribution in [0.5, 0.6) is 0 Å². The van der Waals surface area contributed by atoms with Crippen LogP contribution in [0.2, 0.25) is 0 Å². The molecule has 0 aliphatic heterocycles. The molecule has 0 unspecified atom stereocenters. The number of carbonyl (C=O) groups is 1. The summed E-state index contributed by atoms with van der Waals surface area (Å²) in [6, 6.07) is 14.4. The average Bonchev–Trinajstić information content (AvgIpc) is 3.17. The maximum Gasteiger partial charge on any atom is 0.234 e. The lowest BCUT2D eigenvalue weighted by Crippen LogP contribution is -2.15. The Morgan fingerprint density at radius 3 is 2.42 bits per heavy atom.